The minimum Gasteiger partial charge on any atom is -0.307 e. The molecular formula is C26H22N8O4. The molecule has 12 heteroatoms. The Morgan fingerprint density at radius 1 is 0.316 bits per heavy atom. The van der Waals surface area contributed by atoms with Gasteiger partial charge in [-0.3, -0.25) is 0 Å². The molecule has 3 aromatic rings. The van der Waals surface area contributed by atoms with Crippen LogP contribution in [0.2, 0.25) is 0 Å². The van der Waals surface area contributed by atoms with Crippen molar-refractivity contribution in [1.82, 2.24) is 42.5 Å². The molecular weight excluding hydrogens is 488 g/mol. The lowest BCUT2D eigenvalue weighted by Crippen LogP contribution is -2.61. The Morgan fingerprint density at radius 3 is 0.763 bits per heavy atom. The second-order valence-corrected chi connectivity index (χ2v) is 9.63. The summed E-state index contributed by atoms with van der Waals surface area (Å²) in [6.45, 7) is 0. The van der Waals surface area contributed by atoms with E-state index in [0.29, 0.717) is 22.3 Å². The lowest BCUT2D eigenvalue weighted by Gasteiger charge is -2.39. The number of benzene rings is 3. The van der Waals surface area contributed by atoms with Gasteiger partial charge in [-0.05, 0) is 0 Å². The van der Waals surface area contributed by atoms with Crippen molar-refractivity contribution in [1.29, 1.82) is 0 Å². The first-order chi connectivity index (χ1) is 18.3. The average molecular weight is 511 g/mol. The third-order valence-corrected chi connectivity index (χ3v) is 7.70. The Kier molecular flexibility index (Phi) is 4.14. The molecule has 4 heterocycles. The van der Waals surface area contributed by atoms with Crippen LogP contribution in [-0.2, 0) is 22.7 Å². The van der Waals surface area contributed by atoms with E-state index in [2.05, 4.69) is 42.5 Å². The Hall–Kier alpha value is -5.26. The van der Waals surface area contributed by atoms with Gasteiger partial charge >= 0.3 is 24.1 Å². The van der Waals surface area contributed by atoms with E-state index in [-0.39, 0.29) is 0 Å². The van der Waals surface area contributed by atoms with Crippen molar-refractivity contribution in [3.63, 3.8) is 0 Å². The number of hydrogen-bond donors (Lipinski definition) is 8. The predicted octanol–water partition coefficient (Wildman–Crippen LogP) is 0.949. The van der Waals surface area contributed by atoms with Gasteiger partial charge in [0.25, 0.3) is 0 Å². The molecule has 3 aromatic carbocycles. The van der Waals surface area contributed by atoms with Crippen molar-refractivity contribution in [3.8, 4) is 0 Å². The first kappa shape index (κ1) is 22.0. The zero-order valence-corrected chi connectivity index (χ0v) is 19.7. The molecule has 8 amide bonds. The van der Waals surface area contributed by atoms with Gasteiger partial charge in [0.15, 0.2) is 22.7 Å². The zero-order valence-electron chi connectivity index (χ0n) is 19.7. The highest BCUT2D eigenvalue weighted by Gasteiger charge is 2.68. The monoisotopic (exact) mass is 510 g/mol. The quantitative estimate of drug-likeness (QED) is 0.262. The van der Waals surface area contributed by atoms with Crippen LogP contribution < -0.4 is 42.5 Å². The van der Waals surface area contributed by atoms with Crippen molar-refractivity contribution >= 4 is 24.1 Å². The van der Waals surface area contributed by atoms with E-state index in [9.17, 15) is 19.2 Å². The number of nitrogens with one attached hydrogen (secondary N) is 8. The molecule has 38 heavy (non-hydrogen) atoms. The van der Waals surface area contributed by atoms with E-state index < -0.39 is 46.8 Å². The minimum absolute atomic E-state index is 0.466. The van der Waals surface area contributed by atoms with Gasteiger partial charge in [-0.25, -0.2) is 19.2 Å². The summed E-state index contributed by atoms with van der Waals surface area (Å²) in [6.07, 6.45) is 0. The molecule has 190 valence electrons. The maximum atomic E-state index is 12.7. The van der Waals surface area contributed by atoms with E-state index in [1.807, 2.05) is 60.7 Å². The van der Waals surface area contributed by atoms with E-state index in [4.69, 9.17) is 0 Å². The van der Waals surface area contributed by atoms with Crippen molar-refractivity contribution in [2.45, 2.75) is 22.7 Å². The number of urea groups is 4. The fraction of sp³-hybridized carbons (Fsp3) is 0.154. The van der Waals surface area contributed by atoms with Crippen molar-refractivity contribution in [2.24, 2.45) is 0 Å². The molecule has 0 saturated carbocycles. The minimum atomic E-state index is -1.36. The van der Waals surface area contributed by atoms with Crippen LogP contribution in [0.4, 0.5) is 19.2 Å². The van der Waals surface area contributed by atoms with Crippen LogP contribution in [0.3, 0.4) is 0 Å². The van der Waals surface area contributed by atoms with Gasteiger partial charge < -0.3 is 42.5 Å². The van der Waals surface area contributed by atoms with Crippen LogP contribution in [0.25, 0.3) is 0 Å². The Morgan fingerprint density at radius 2 is 0.526 bits per heavy atom. The smallest absolute Gasteiger partial charge is 0.307 e. The summed E-state index contributed by atoms with van der Waals surface area (Å²) in [6, 6.07) is 23.3. The maximum Gasteiger partial charge on any atom is 0.319 e. The van der Waals surface area contributed by atoms with E-state index in [1.54, 1.807) is 24.3 Å². The van der Waals surface area contributed by atoms with Crippen LogP contribution >= 0.6 is 0 Å². The Labute approximate surface area is 215 Å². The first-order valence-corrected chi connectivity index (χ1v) is 12.0. The number of fused-ring (bicyclic) bond motifs is 2. The van der Waals surface area contributed by atoms with Crippen LogP contribution in [0.15, 0.2) is 84.9 Å². The van der Waals surface area contributed by atoms with Gasteiger partial charge in [-0.2, -0.15) is 0 Å². The predicted molar refractivity (Wildman–Crippen MR) is 133 cm³/mol. The van der Waals surface area contributed by atoms with E-state index in [1.165, 1.54) is 0 Å². The highest BCUT2D eigenvalue weighted by atomic mass is 16.2. The summed E-state index contributed by atoms with van der Waals surface area (Å²) in [7, 11) is 0. The molecule has 4 saturated heterocycles. The summed E-state index contributed by atoms with van der Waals surface area (Å²) < 4.78 is 0. The molecule has 0 bridgehead atoms. The summed E-state index contributed by atoms with van der Waals surface area (Å²) in [4.78, 5) is 50.8. The number of rotatable bonds is 4. The Bertz CT molecular complexity index is 1350. The molecule has 0 aliphatic carbocycles. The molecule has 12 nitrogen and oxygen atoms in total. The maximum absolute atomic E-state index is 12.7. The first-order valence-electron chi connectivity index (χ1n) is 12.0. The number of hydrogen-bond acceptors (Lipinski definition) is 4. The van der Waals surface area contributed by atoms with Gasteiger partial charge in [0.1, 0.15) is 0 Å². The molecule has 4 aliphatic heterocycles. The second kappa shape index (κ2) is 7.16. The largest absolute Gasteiger partial charge is 0.319 e. The molecule has 0 radical (unpaired) electrons. The van der Waals surface area contributed by atoms with Crippen LogP contribution in [0.1, 0.15) is 22.3 Å². The Balaban J connectivity index is 1.36. The fourth-order valence-electron chi connectivity index (χ4n) is 6.15. The van der Waals surface area contributed by atoms with Gasteiger partial charge in [-0.15, -0.1) is 0 Å². The summed E-state index contributed by atoms with van der Waals surface area (Å²) in [5.74, 6) is 0. The molecule has 0 aromatic heterocycles. The van der Waals surface area contributed by atoms with Crippen molar-refractivity contribution in [3.05, 3.63) is 107 Å². The van der Waals surface area contributed by atoms with Crippen LogP contribution in [-0.4, -0.2) is 24.1 Å². The van der Waals surface area contributed by atoms with Crippen LogP contribution in [0.5, 0.6) is 0 Å². The molecule has 0 spiro atoms. The molecule has 7 rings (SSSR count). The number of carbonyl (C=O) groups is 4. The fourth-order valence-corrected chi connectivity index (χ4v) is 6.15. The van der Waals surface area contributed by atoms with E-state index >= 15 is 0 Å². The number of amides is 8. The molecule has 4 aliphatic rings. The molecule has 4 fully saturated rings. The third kappa shape index (κ3) is 2.58. The highest BCUT2D eigenvalue weighted by molar-refractivity contribution is 5.90. The normalized spacial score (nSPS) is 32.4. The zero-order chi connectivity index (χ0) is 26.2. The van der Waals surface area contributed by atoms with Gasteiger partial charge in [0, 0.05) is 22.3 Å². The average Bonchev–Trinajstić information content (AvgIpc) is 3.55. The topological polar surface area (TPSA) is 165 Å². The second-order valence-electron chi connectivity index (χ2n) is 9.63. The molecule has 8 N–H and O–H groups in total. The summed E-state index contributed by atoms with van der Waals surface area (Å²) in [5.41, 5.74) is -2.85. The van der Waals surface area contributed by atoms with Gasteiger partial charge in [0.05, 0.1) is 0 Å². The summed E-state index contributed by atoms with van der Waals surface area (Å²) in [5, 5.41) is 23.1. The molecule has 0 atom stereocenters. The van der Waals surface area contributed by atoms with E-state index in [0.717, 1.165) is 0 Å². The lowest BCUT2D eigenvalue weighted by atomic mass is 9.80. The van der Waals surface area contributed by atoms with Crippen molar-refractivity contribution in [2.75, 3.05) is 0 Å². The van der Waals surface area contributed by atoms with Gasteiger partial charge in [-0.1, -0.05) is 84.9 Å². The van der Waals surface area contributed by atoms with Crippen molar-refractivity contribution < 1.29 is 19.2 Å². The summed E-state index contributed by atoms with van der Waals surface area (Å²) >= 11 is 0. The highest BCUT2D eigenvalue weighted by Crippen LogP contribution is 2.46. The SMILES string of the molecule is O=C1NC2(c3ccccc3)NC(=O)NC2(c2ccc(C34NC(=O)NC3(c3ccccc3)NC(=O)N4)cc2)N1. The number of carbonyl (C=O) groups excluding carboxylic acids is 4. The lowest BCUT2D eigenvalue weighted by molar-refractivity contribution is 0.204. The van der Waals surface area contributed by atoms with Crippen LogP contribution in [0, 0.1) is 0 Å². The molecule has 0 unspecified atom stereocenters. The van der Waals surface area contributed by atoms with Gasteiger partial charge in [0.2, 0.25) is 0 Å². The third-order valence-electron chi connectivity index (χ3n) is 7.70. The standard InChI is InChI=1S/C26H22N8O4/c35-19-27-23(15-7-3-1-4-8-15)25(31-19,32-20(36)28-23)17-11-13-18(14-12-17)26-24(29-21(37)33-26,30-22(38)34-26)16-9-5-2-6-10-16/h1-14H,(H2,27,31,35)(H2,28,32,36)(H2,29,33,37)(H2,30,34,38).